The molecule has 0 saturated heterocycles. The number of hydrogen-bond donors (Lipinski definition) is 3. The fraction of sp³-hybridized carbons (Fsp3) is 0.826. The molecule has 0 heterocycles. The van der Waals surface area contributed by atoms with E-state index in [1.54, 1.807) is 0 Å². The van der Waals surface area contributed by atoms with Crippen molar-refractivity contribution in [2.45, 2.75) is 219 Å². The van der Waals surface area contributed by atoms with Crippen LogP contribution in [0.15, 0.2) is 36.5 Å². The number of aliphatic hydroxyl groups is 2. The lowest BCUT2D eigenvalue weighted by Crippen LogP contribution is -2.29. The van der Waals surface area contributed by atoms with Crippen LogP contribution in [0, 0.1) is 0 Å². The zero-order valence-corrected chi connectivity index (χ0v) is 37.2. The first kappa shape index (κ1) is 55.2. The van der Waals surface area contributed by atoms with Gasteiger partial charge in [0.05, 0.1) is 19.8 Å². The van der Waals surface area contributed by atoms with E-state index in [4.69, 9.17) is 19.1 Å². The van der Waals surface area contributed by atoms with E-state index in [9.17, 15) is 24.2 Å². The summed E-state index contributed by atoms with van der Waals surface area (Å²) in [5.41, 5.74) is 0. The van der Waals surface area contributed by atoms with Crippen molar-refractivity contribution in [1.82, 2.24) is 0 Å². The van der Waals surface area contributed by atoms with Gasteiger partial charge in [-0.1, -0.05) is 179 Å². The first-order valence-electron chi connectivity index (χ1n) is 22.9. The second kappa shape index (κ2) is 42.3. The molecule has 0 spiro atoms. The fourth-order valence-corrected chi connectivity index (χ4v) is 7.03. The van der Waals surface area contributed by atoms with Crippen LogP contribution in [-0.4, -0.2) is 65.7 Å². The lowest BCUT2D eigenvalue weighted by Gasteiger charge is -2.20. The third-order valence-electron chi connectivity index (χ3n) is 9.80. The number of carbonyl (C=O) groups excluding carboxylic acids is 2. The molecule has 0 aromatic rings. The Labute approximate surface area is 348 Å². The van der Waals surface area contributed by atoms with Crippen molar-refractivity contribution in [3.8, 4) is 0 Å². The number of unbranched alkanes of at least 4 members (excludes halogenated alkanes) is 23. The van der Waals surface area contributed by atoms with Gasteiger partial charge in [-0.15, -0.1) is 0 Å². The SMILES string of the molecule is CCCCC/C=C\C/C=C\C/C=C\CCCCC(=O)O[C@H](COC(=O)CCCCCCCCCCCCCCCCCCCCC)COP(=O)(O)OC[C@@H](O)CO. The van der Waals surface area contributed by atoms with Crippen LogP contribution in [0.5, 0.6) is 0 Å². The number of carbonyl (C=O) groups is 2. The summed E-state index contributed by atoms with van der Waals surface area (Å²) in [6.45, 7) is 2.33. The molecule has 3 atom stereocenters. The first-order valence-corrected chi connectivity index (χ1v) is 24.4. The quantitative estimate of drug-likeness (QED) is 0.0235. The average molecular weight is 829 g/mol. The van der Waals surface area contributed by atoms with Crippen molar-refractivity contribution in [1.29, 1.82) is 0 Å². The number of esters is 2. The fourth-order valence-electron chi connectivity index (χ4n) is 6.24. The monoisotopic (exact) mass is 829 g/mol. The van der Waals surface area contributed by atoms with Gasteiger partial charge in [-0.2, -0.15) is 0 Å². The molecule has 0 aliphatic heterocycles. The van der Waals surface area contributed by atoms with E-state index in [1.807, 2.05) is 0 Å². The highest BCUT2D eigenvalue weighted by Crippen LogP contribution is 2.43. The zero-order valence-electron chi connectivity index (χ0n) is 36.3. The molecule has 1 unspecified atom stereocenters. The maximum absolute atomic E-state index is 12.6. The van der Waals surface area contributed by atoms with Crippen molar-refractivity contribution in [3.05, 3.63) is 36.5 Å². The second-order valence-corrected chi connectivity index (χ2v) is 16.9. The minimum Gasteiger partial charge on any atom is -0.462 e. The molecule has 0 bridgehead atoms. The van der Waals surface area contributed by atoms with E-state index in [-0.39, 0.29) is 19.4 Å². The third kappa shape index (κ3) is 42.1. The largest absolute Gasteiger partial charge is 0.472 e. The van der Waals surface area contributed by atoms with Crippen LogP contribution in [-0.2, 0) is 32.7 Å². The Bertz CT molecular complexity index is 1050. The Morgan fingerprint density at radius 3 is 1.40 bits per heavy atom. The molecule has 0 aliphatic carbocycles. The smallest absolute Gasteiger partial charge is 0.462 e. The summed E-state index contributed by atoms with van der Waals surface area (Å²) in [6, 6.07) is 0. The van der Waals surface area contributed by atoms with E-state index in [1.165, 1.54) is 116 Å². The number of ether oxygens (including phenoxy) is 2. The molecule has 3 N–H and O–H groups in total. The maximum atomic E-state index is 12.6. The van der Waals surface area contributed by atoms with Crippen LogP contribution >= 0.6 is 7.82 Å². The van der Waals surface area contributed by atoms with Gasteiger partial charge in [0, 0.05) is 12.8 Å². The molecule has 10 nitrogen and oxygen atoms in total. The summed E-state index contributed by atoms with van der Waals surface area (Å²) in [6.07, 6.45) is 44.0. The summed E-state index contributed by atoms with van der Waals surface area (Å²) < 4.78 is 32.7. The first-order chi connectivity index (χ1) is 27.7. The molecule has 0 rings (SSSR count). The number of allylic oxidation sites excluding steroid dienone is 6. The van der Waals surface area contributed by atoms with Gasteiger partial charge in [-0.3, -0.25) is 18.6 Å². The Balaban J connectivity index is 4.27. The van der Waals surface area contributed by atoms with E-state index in [2.05, 4.69) is 54.8 Å². The number of rotatable bonds is 43. The van der Waals surface area contributed by atoms with E-state index >= 15 is 0 Å². The highest BCUT2D eigenvalue weighted by Gasteiger charge is 2.27. The van der Waals surface area contributed by atoms with Crippen molar-refractivity contribution in [3.63, 3.8) is 0 Å². The topological polar surface area (TPSA) is 149 Å². The van der Waals surface area contributed by atoms with Gasteiger partial charge >= 0.3 is 19.8 Å². The lowest BCUT2D eigenvalue weighted by molar-refractivity contribution is -0.161. The van der Waals surface area contributed by atoms with Gasteiger partial charge in [0.1, 0.15) is 12.7 Å². The van der Waals surface area contributed by atoms with Crippen LogP contribution < -0.4 is 0 Å². The summed E-state index contributed by atoms with van der Waals surface area (Å²) in [7, 11) is -4.63. The Morgan fingerprint density at radius 1 is 0.526 bits per heavy atom. The van der Waals surface area contributed by atoms with Crippen LogP contribution in [0.4, 0.5) is 0 Å². The van der Waals surface area contributed by atoms with Crippen molar-refractivity contribution >= 4 is 19.8 Å². The maximum Gasteiger partial charge on any atom is 0.472 e. The van der Waals surface area contributed by atoms with Gasteiger partial charge in [0.25, 0.3) is 0 Å². The molecule has 0 aromatic heterocycles. The summed E-state index contributed by atoms with van der Waals surface area (Å²) in [5, 5.41) is 18.3. The van der Waals surface area contributed by atoms with Crippen LogP contribution in [0.3, 0.4) is 0 Å². The van der Waals surface area contributed by atoms with Crippen molar-refractivity contribution < 1.29 is 47.8 Å². The molecular formula is C46H85O10P. The Hall–Kier alpha value is -1.81. The molecule has 0 saturated carbocycles. The molecule has 0 aliphatic rings. The Kier molecular flexibility index (Phi) is 41.0. The molecule has 0 fully saturated rings. The number of phosphoric acid groups is 1. The van der Waals surface area contributed by atoms with Crippen LogP contribution in [0.2, 0.25) is 0 Å². The molecule has 0 aromatic carbocycles. The predicted molar refractivity (Wildman–Crippen MR) is 233 cm³/mol. The van der Waals surface area contributed by atoms with E-state index in [0.29, 0.717) is 12.8 Å². The minimum atomic E-state index is -4.63. The molecule has 0 amide bonds. The van der Waals surface area contributed by atoms with Gasteiger partial charge < -0.3 is 24.6 Å². The summed E-state index contributed by atoms with van der Waals surface area (Å²) in [4.78, 5) is 35.0. The molecule has 11 heteroatoms. The number of aliphatic hydroxyl groups excluding tert-OH is 2. The van der Waals surface area contributed by atoms with Gasteiger partial charge in [-0.25, -0.2) is 4.57 Å². The molecule has 0 radical (unpaired) electrons. The third-order valence-corrected chi connectivity index (χ3v) is 10.7. The van der Waals surface area contributed by atoms with Crippen molar-refractivity contribution in [2.75, 3.05) is 26.4 Å². The zero-order chi connectivity index (χ0) is 41.9. The number of hydrogen-bond acceptors (Lipinski definition) is 9. The average Bonchev–Trinajstić information content (AvgIpc) is 3.20. The van der Waals surface area contributed by atoms with Crippen LogP contribution in [0.25, 0.3) is 0 Å². The van der Waals surface area contributed by atoms with E-state index in [0.717, 1.165) is 51.4 Å². The highest BCUT2D eigenvalue weighted by atomic mass is 31.2. The summed E-state index contributed by atoms with van der Waals surface area (Å²) >= 11 is 0. The second-order valence-electron chi connectivity index (χ2n) is 15.4. The molecule has 57 heavy (non-hydrogen) atoms. The standard InChI is InChI=1S/C46H85O10P/c1-3-5-7-9-11-13-15-17-19-20-21-22-24-25-27-29-31-33-35-37-45(49)53-41-44(42-55-57(51,52)54-40-43(48)39-47)56-46(50)38-36-34-32-30-28-26-23-18-16-14-12-10-8-6-4-2/h12,14,18,23,28,30,43-44,47-48H,3-11,13,15-17,19-22,24-27,29,31-42H2,1-2H3,(H,51,52)/b14-12-,23-18-,30-28-/t43-,44+/m0/s1. The van der Waals surface area contributed by atoms with Crippen LogP contribution in [0.1, 0.15) is 206 Å². The normalized spacial score (nSPS) is 14.1. The summed E-state index contributed by atoms with van der Waals surface area (Å²) in [5.74, 6) is -0.962. The van der Waals surface area contributed by atoms with Gasteiger partial charge in [-0.05, 0) is 51.4 Å². The van der Waals surface area contributed by atoms with E-state index < -0.39 is 51.8 Å². The van der Waals surface area contributed by atoms with Crippen molar-refractivity contribution in [2.24, 2.45) is 0 Å². The molecule has 334 valence electrons. The molecular weight excluding hydrogens is 743 g/mol. The number of phosphoric ester groups is 1. The minimum absolute atomic E-state index is 0.137. The highest BCUT2D eigenvalue weighted by molar-refractivity contribution is 7.47. The van der Waals surface area contributed by atoms with Gasteiger partial charge in [0.2, 0.25) is 0 Å². The Morgan fingerprint density at radius 2 is 0.912 bits per heavy atom. The predicted octanol–water partition coefficient (Wildman–Crippen LogP) is 12.3. The van der Waals surface area contributed by atoms with Gasteiger partial charge in [0.15, 0.2) is 6.10 Å². The lowest BCUT2D eigenvalue weighted by atomic mass is 10.0.